The minimum atomic E-state index is -0.235. The summed E-state index contributed by atoms with van der Waals surface area (Å²) in [5.41, 5.74) is 1.07. The number of thiophene rings is 1. The van der Waals surface area contributed by atoms with Crippen molar-refractivity contribution in [2.75, 3.05) is 46.3 Å². The predicted molar refractivity (Wildman–Crippen MR) is 116 cm³/mol. The Balaban J connectivity index is 1.57. The second kappa shape index (κ2) is 10.2. The van der Waals surface area contributed by atoms with Gasteiger partial charge in [0.2, 0.25) is 5.91 Å². The maximum Gasteiger partial charge on any atom is 0.261 e. The van der Waals surface area contributed by atoms with Crippen molar-refractivity contribution in [3.05, 3.63) is 56.7 Å². The number of likely N-dealkylation sites (N-methyl/N-ethyl adjacent to an activating group) is 1. The van der Waals surface area contributed by atoms with Crippen molar-refractivity contribution in [3.8, 4) is 0 Å². The predicted octanol–water partition coefficient (Wildman–Crippen LogP) is 2.35. The molecule has 0 radical (unpaired) electrons. The molecule has 150 valence electrons. The molecule has 1 aliphatic heterocycles. The highest BCUT2D eigenvalue weighted by atomic mass is 79.9. The van der Waals surface area contributed by atoms with Crippen LogP contribution in [0.25, 0.3) is 0 Å². The molecule has 0 bridgehead atoms. The van der Waals surface area contributed by atoms with Gasteiger partial charge in [-0.2, -0.15) is 0 Å². The lowest BCUT2D eigenvalue weighted by atomic mass is 10.1. The summed E-state index contributed by atoms with van der Waals surface area (Å²) in [5.74, 6) is -0.423. The third-order valence-corrected chi connectivity index (χ3v) is 6.40. The van der Waals surface area contributed by atoms with Gasteiger partial charge in [-0.1, -0.05) is 30.3 Å². The highest BCUT2D eigenvalue weighted by molar-refractivity contribution is 9.11. The zero-order valence-corrected chi connectivity index (χ0v) is 18.3. The minimum absolute atomic E-state index is 0.0412. The van der Waals surface area contributed by atoms with E-state index >= 15 is 0 Å². The highest BCUT2D eigenvalue weighted by Crippen LogP contribution is 2.21. The van der Waals surface area contributed by atoms with Gasteiger partial charge in [-0.3, -0.25) is 14.5 Å². The first-order chi connectivity index (χ1) is 13.5. The van der Waals surface area contributed by atoms with Crippen LogP contribution in [0.4, 0.5) is 0 Å². The van der Waals surface area contributed by atoms with Gasteiger partial charge in [0.1, 0.15) is 0 Å². The third kappa shape index (κ3) is 6.13. The molecular formula is C20H25BrN4O2S. The zero-order valence-electron chi connectivity index (χ0n) is 15.9. The molecule has 0 spiro atoms. The molecule has 6 nitrogen and oxygen atoms in total. The van der Waals surface area contributed by atoms with E-state index in [9.17, 15) is 9.59 Å². The Kier molecular flexibility index (Phi) is 7.61. The largest absolute Gasteiger partial charge is 0.346 e. The smallest absolute Gasteiger partial charge is 0.261 e. The molecule has 3 rings (SSSR count). The Morgan fingerprint density at radius 2 is 1.82 bits per heavy atom. The number of hydrogen-bond donors (Lipinski definition) is 2. The summed E-state index contributed by atoms with van der Waals surface area (Å²) in [5, 5.41) is 5.79. The molecule has 2 aromatic rings. The number of nitrogens with one attached hydrogen (secondary N) is 2. The second-order valence-corrected chi connectivity index (χ2v) is 9.38. The van der Waals surface area contributed by atoms with Crippen LogP contribution in [0, 0.1) is 0 Å². The second-order valence-electron chi connectivity index (χ2n) is 6.92. The molecule has 1 atom stereocenters. The van der Waals surface area contributed by atoms with Crippen LogP contribution >= 0.6 is 27.3 Å². The fourth-order valence-electron chi connectivity index (χ4n) is 3.14. The lowest BCUT2D eigenvalue weighted by Crippen LogP contribution is -2.48. The van der Waals surface area contributed by atoms with Crippen LogP contribution in [0.15, 0.2) is 46.3 Å². The molecule has 28 heavy (non-hydrogen) atoms. The molecule has 1 unspecified atom stereocenters. The Morgan fingerprint density at radius 3 is 2.46 bits per heavy atom. The van der Waals surface area contributed by atoms with Crippen molar-refractivity contribution in [3.63, 3.8) is 0 Å². The Hall–Kier alpha value is -1.74. The van der Waals surface area contributed by atoms with Gasteiger partial charge in [0, 0.05) is 32.7 Å². The topological polar surface area (TPSA) is 64.7 Å². The molecule has 1 aromatic heterocycles. The molecule has 1 aromatic carbocycles. The quantitative estimate of drug-likeness (QED) is 0.659. The number of carbonyl (C=O) groups is 2. The fourth-order valence-corrected chi connectivity index (χ4v) is 4.44. The van der Waals surface area contributed by atoms with Crippen LogP contribution in [-0.4, -0.2) is 67.9 Å². The monoisotopic (exact) mass is 464 g/mol. The number of hydrogen-bond acceptors (Lipinski definition) is 5. The summed E-state index contributed by atoms with van der Waals surface area (Å²) in [6.07, 6.45) is 0. The van der Waals surface area contributed by atoms with Crippen LogP contribution in [0.1, 0.15) is 21.3 Å². The Morgan fingerprint density at radius 1 is 1.11 bits per heavy atom. The average Bonchev–Trinajstić information content (AvgIpc) is 3.14. The van der Waals surface area contributed by atoms with E-state index in [1.165, 1.54) is 11.3 Å². The van der Waals surface area contributed by atoms with E-state index in [0.29, 0.717) is 4.88 Å². The standard InChI is InChI=1S/C20H25BrN4O2S/c1-24-9-11-25(12-10-24)14-16(15-5-3-2-4-6-15)23-19(26)13-22-20(27)17-7-8-18(21)28-17/h2-8,16H,9-14H2,1H3,(H,22,27)(H,23,26). The normalized spacial score (nSPS) is 16.5. The summed E-state index contributed by atoms with van der Waals surface area (Å²) >= 11 is 4.69. The van der Waals surface area contributed by atoms with E-state index in [2.05, 4.69) is 43.4 Å². The minimum Gasteiger partial charge on any atom is -0.346 e. The number of carbonyl (C=O) groups excluding carboxylic acids is 2. The van der Waals surface area contributed by atoms with Gasteiger partial charge in [-0.25, -0.2) is 0 Å². The zero-order chi connectivity index (χ0) is 19.9. The van der Waals surface area contributed by atoms with Crippen LogP contribution in [0.5, 0.6) is 0 Å². The van der Waals surface area contributed by atoms with E-state index in [1.54, 1.807) is 6.07 Å². The van der Waals surface area contributed by atoms with Crippen molar-refractivity contribution >= 4 is 39.1 Å². The summed E-state index contributed by atoms with van der Waals surface area (Å²) in [7, 11) is 2.13. The van der Waals surface area contributed by atoms with E-state index in [1.807, 2.05) is 36.4 Å². The molecule has 1 saturated heterocycles. The van der Waals surface area contributed by atoms with E-state index in [0.717, 1.165) is 42.1 Å². The lowest BCUT2D eigenvalue weighted by Gasteiger charge is -2.35. The average molecular weight is 465 g/mol. The molecule has 2 heterocycles. The Labute approximate surface area is 178 Å². The van der Waals surface area contributed by atoms with Gasteiger partial charge in [-0.05, 0) is 40.7 Å². The van der Waals surface area contributed by atoms with Gasteiger partial charge in [-0.15, -0.1) is 11.3 Å². The molecule has 2 amide bonds. The first kappa shape index (κ1) is 21.0. The maximum absolute atomic E-state index is 12.5. The molecule has 1 fully saturated rings. The van der Waals surface area contributed by atoms with Crippen LogP contribution < -0.4 is 10.6 Å². The van der Waals surface area contributed by atoms with Gasteiger partial charge in [0.25, 0.3) is 5.91 Å². The van der Waals surface area contributed by atoms with Gasteiger partial charge < -0.3 is 15.5 Å². The van der Waals surface area contributed by atoms with Crippen LogP contribution in [-0.2, 0) is 4.79 Å². The van der Waals surface area contributed by atoms with E-state index < -0.39 is 0 Å². The van der Waals surface area contributed by atoms with Crippen molar-refractivity contribution in [1.82, 2.24) is 20.4 Å². The SMILES string of the molecule is CN1CCN(CC(NC(=O)CNC(=O)c2ccc(Br)s2)c2ccccc2)CC1. The molecule has 0 saturated carbocycles. The number of piperazine rings is 1. The lowest BCUT2D eigenvalue weighted by molar-refractivity contribution is -0.121. The number of nitrogens with zero attached hydrogens (tertiary/aromatic N) is 2. The highest BCUT2D eigenvalue weighted by Gasteiger charge is 2.21. The Bertz CT molecular complexity index is 791. The van der Waals surface area contributed by atoms with Crippen LogP contribution in [0.2, 0.25) is 0 Å². The summed E-state index contributed by atoms with van der Waals surface area (Å²) in [6, 6.07) is 13.4. The van der Waals surface area contributed by atoms with Gasteiger partial charge >= 0.3 is 0 Å². The summed E-state index contributed by atoms with van der Waals surface area (Å²) < 4.78 is 0.887. The van der Waals surface area contributed by atoms with Crippen LogP contribution in [0.3, 0.4) is 0 Å². The van der Waals surface area contributed by atoms with Gasteiger partial charge in [0.15, 0.2) is 0 Å². The molecular weight excluding hydrogens is 440 g/mol. The molecule has 2 N–H and O–H groups in total. The summed E-state index contributed by atoms with van der Waals surface area (Å²) in [4.78, 5) is 29.9. The summed E-state index contributed by atoms with van der Waals surface area (Å²) in [6.45, 7) is 4.75. The number of rotatable bonds is 7. The molecule has 1 aliphatic rings. The van der Waals surface area contributed by atoms with Crippen molar-refractivity contribution < 1.29 is 9.59 Å². The molecule has 0 aliphatic carbocycles. The maximum atomic E-state index is 12.5. The third-order valence-electron chi connectivity index (χ3n) is 4.78. The number of halogens is 1. The first-order valence-corrected chi connectivity index (χ1v) is 10.9. The molecule has 8 heteroatoms. The number of amides is 2. The van der Waals surface area contributed by atoms with Crippen molar-refractivity contribution in [2.45, 2.75) is 6.04 Å². The fraction of sp³-hybridized carbons (Fsp3) is 0.400. The first-order valence-electron chi connectivity index (χ1n) is 9.30. The number of benzene rings is 1. The van der Waals surface area contributed by atoms with Crippen molar-refractivity contribution in [1.29, 1.82) is 0 Å². The van der Waals surface area contributed by atoms with Crippen molar-refractivity contribution in [2.24, 2.45) is 0 Å². The van der Waals surface area contributed by atoms with E-state index in [4.69, 9.17) is 0 Å². The van der Waals surface area contributed by atoms with E-state index in [-0.39, 0.29) is 24.4 Å². The van der Waals surface area contributed by atoms with Gasteiger partial charge in [0.05, 0.1) is 21.3 Å².